The molecular formula is C46H56N2. The molecule has 4 aromatic carbocycles. The van der Waals surface area contributed by atoms with E-state index in [1.807, 2.05) is 20.1 Å². The lowest BCUT2D eigenvalue weighted by atomic mass is 9.89. The second-order valence-corrected chi connectivity index (χ2v) is 12.8. The monoisotopic (exact) mass is 636 g/mol. The molecule has 48 heavy (non-hydrogen) atoms. The molecule has 2 aliphatic carbocycles. The zero-order chi connectivity index (χ0) is 34.5. The lowest BCUT2D eigenvalue weighted by molar-refractivity contribution is 0.497. The zero-order valence-corrected chi connectivity index (χ0v) is 30.6. The van der Waals surface area contributed by atoms with Crippen LogP contribution in [-0.4, -0.2) is 12.8 Å². The van der Waals surface area contributed by atoms with E-state index in [9.17, 15) is 0 Å². The molecule has 3 aliphatic rings. The lowest BCUT2D eigenvalue weighted by Gasteiger charge is -2.20. The molecule has 0 saturated carbocycles. The van der Waals surface area contributed by atoms with Crippen molar-refractivity contribution in [3.8, 4) is 11.1 Å². The molecule has 0 bridgehead atoms. The third-order valence-corrected chi connectivity index (χ3v) is 8.76. The number of anilines is 1. The summed E-state index contributed by atoms with van der Waals surface area (Å²) in [5.41, 5.74) is 10.2. The number of hydrogen-bond donors (Lipinski definition) is 1. The number of allylic oxidation sites excluding steroid dienone is 10. The molecule has 2 atom stereocenters. The second-order valence-electron chi connectivity index (χ2n) is 12.8. The van der Waals surface area contributed by atoms with E-state index in [2.05, 4.69) is 156 Å². The maximum absolute atomic E-state index is 4.78. The van der Waals surface area contributed by atoms with Gasteiger partial charge in [0.25, 0.3) is 0 Å². The average Bonchev–Trinajstić information content (AvgIpc) is 3.25. The Morgan fingerprint density at radius 2 is 1.52 bits per heavy atom. The van der Waals surface area contributed by atoms with Crippen LogP contribution < -0.4 is 5.32 Å². The number of aliphatic imine (C=N–C) groups is 1. The summed E-state index contributed by atoms with van der Waals surface area (Å²) in [7, 11) is 0. The molecule has 1 aliphatic heterocycles. The molecule has 0 spiro atoms. The van der Waals surface area contributed by atoms with Gasteiger partial charge in [-0.15, -0.1) is 0 Å². The summed E-state index contributed by atoms with van der Waals surface area (Å²) in [4.78, 5) is 4.78. The quantitative estimate of drug-likeness (QED) is 0.176. The first-order chi connectivity index (χ1) is 23.4. The normalized spacial score (nSPS) is 18.0. The zero-order valence-electron chi connectivity index (χ0n) is 30.6. The van der Waals surface area contributed by atoms with Crippen LogP contribution >= 0.6 is 0 Å². The van der Waals surface area contributed by atoms with Crippen molar-refractivity contribution < 1.29 is 0 Å². The van der Waals surface area contributed by atoms with Crippen molar-refractivity contribution in [3.63, 3.8) is 0 Å². The van der Waals surface area contributed by atoms with E-state index < -0.39 is 0 Å². The summed E-state index contributed by atoms with van der Waals surface area (Å²) in [6.07, 6.45) is 22.7. The van der Waals surface area contributed by atoms with Crippen molar-refractivity contribution >= 4 is 44.7 Å². The Kier molecular flexibility index (Phi) is 13.8. The highest BCUT2D eigenvalue weighted by Gasteiger charge is 2.18. The maximum atomic E-state index is 4.78. The van der Waals surface area contributed by atoms with Gasteiger partial charge in [0.15, 0.2) is 0 Å². The molecule has 4 aromatic rings. The summed E-state index contributed by atoms with van der Waals surface area (Å²) in [5, 5.41) is 8.54. The van der Waals surface area contributed by atoms with Gasteiger partial charge in [-0.1, -0.05) is 149 Å². The van der Waals surface area contributed by atoms with Gasteiger partial charge in [0.1, 0.15) is 0 Å². The van der Waals surface area contributed by atoms with Crippen molar-refractivity contribution in [1.29, 1.82) is 0 Å². The van der Waals surface area contributed by atoms with Crippen molar-refractivity contribution in [2.24, 2.45) is 16.8 Å². The van der Waals surface area contributed by atoms with E-state index >= 15 is 0 Å². The summed E-state index contributed by atoms with van der Waals surface area (Å²) >= 11 is 0. The highest BCUT2D eigenvalue weighted by Crippen LogP contribution is 2.45. The van der Waals surface area contributed by atoms with Crippen molar-refractivity contribution in [3.05, 3.63) is 126 Å². The Bertz CT molecular complexity index is 1850. The third kappa shape index (κ3) is 8.92. The van der Waals surface area contributed by atoms with E-state index in [-0.39, 0.29) is 0 Å². The van der Waals surface area contributed by atoms with Gasteiger partial charge in [-0.05, 0) is 97.0 Å². The summed E-state index contributed by atoms with van der Waals surface area (Å²) < 4.78 is 0. The summed E-state index contributed by atoms with van der Waals surface area (Å²) in [6.45, 7) is 17.9. The Balaban J connectivity index is 0.000000243. The van der Waals surface area contributed by atoms with E-state index in [4.69, 9.17) is 4.99 Å². The fourth-order valence-corrected chi connectivity index (χ4v) is 6.71. The molecule has 250 valence electrons. The fourth-order valence-electron chi connectivity index (χ4n) is 6.71. The Hall–Kier alpha value is -4.43. The smallest absolute Gasteiger partial charge is 0.0942 e. The van der Waals surface area contributed by atoms with Crippen LogP contribution in [0.4, 0.5) is 11.4 Å². The van der Waals surface area contributed by atoms with Crippen molar-refractivity contribution in [2.45, 2.75) is 81.1 Å². The first kappa shape index (κ1) is 36.4. The number of nitrogens with zero attached hydrogens (tertiary/aromatic N) is 1. The van der Waals surface area contributed by atoms with Crippen molar-refractivity contribution in [2.75, 3.05) is 11.9 Å². The summed E-state index contributed by atoms with van der Waals surface area (Å²) in [6, 6.07) is 24.2. The SMILES string of the molecule is C1=CC(c2ccc3c4c(c5ccc(-c6ccccc6)cc5c3c2)NCC=N4)=CCC1.CC.CC=C[C@H]1C=C(C)C=C(C)CC1C.CCC. The van der Waals surface area contributed by atoms with Crippen LogP contribution in [0.1, 0.15) is 86.6 Å². The molecule has 0 amide bonds. The number of nitrogens with one attached hydrogen (secondary N) is 1. The van der Waals surface area contributed by atoms with E-state index in [0.29, 0.717) is 5.92 Å². The van der Waals surface area contributed by atoms with E-state index in [1.165, 1.54) is 67.8 Å². The van der Waals surface area contributed by atoms with Gasteiger partial charge in [-0.3, -0.25) is 4.99 Å². The van der Waals surface area contributed by atoms with Gasteiger partial charge in [-0.25, -0.2) is 0 Å². The molecule has 2 heteroatoms. The Morgan fingerprint density at radius 3 is 2.23 bits per heavy atom. The predicted octanol–water partition coefficient (Wildman–Crippen LogP) is 14.1. The third-order valence-electron chi connectivity index (χ3n) is 8.76. The summed E-state index contributed by atoms with van der Waals surface area (Å²) in [5.74, 6) is 1.36. The van der Waals surface area contributed by atoms with Gasteiger partial charge in [0.2, 0.25) is 0 Å². The maximum Gasteiger partial charge on any atom is 0.0942 e. The van der Waals surface area contributed by atoms with Crippen LogP contribution in [0.25, 0.3) is 38.2 Å². The van der Waals surface area contributed by atoms with Crippen molar-refractivity contribution in [1.82, 2.24) is 0 Å². The van der Waals surface area contributed by atoms with Gasteiger partial charge in [-0.2, -0.15) is 0 Å². The molecule has 0 radical (unpaired) electrons. The molecule has 0 aromatic heterocycles. The minimum atomic E-state index is 0.624. The number of benzene rings is 4. The molecule has 0 saturated heterocycles. The van der Waals surface area contributed by atoms with Gasteiger partial charge < -0.3 is 5.32 Å². The van der Waals surface area contributed by atoms with Gasteiger partial charge in [0, 0.05) is 17.0 Å². The molecule has 1 N–H and O–H groups in total. The topological polar surface area (TPSA) is 24.4 Å². The molecular weight excluding hydrogens is 581 g/mol. The molecule has 1 heterocycles. The van der Waals surface area contributed by atoms with Crippen LogP contribution in [-0.2, 0) is 0 Å². The van der Waals surface area contributed by atoms with Gasteiger partial charge >= 0.3 is 0 Å². The minimum absolute atomic E-state index is 0.624. The van der Waals surface area contributed by atoms with Crippen LogP contribution in [0.5, 0.6) is 0 Å². The van der Waals surface area contributed by atoms with Crippen LogP contribution in [0.2, 0.25) is 0 Å². The molecule has 7 rings (SSSR count). The fraction of sp³-hybridized carbons (Fsp3) is 0.326. The van der Waals surface area contributed by atoms with Crippen LogP contribution in [0.15, 0.2) is 125 Å². The minimum Gasteiger partial charge on any atom is -0.378 e. The number of hydrogen-bond acceptors (Lipinski definition) is 2. The molecule has 2 nitrogen and oxygen atoms in total. The predicted molar refractivity (Wildman–Crippen MR) is 217 cm³/mol. The van der Waals surface area contributed by atoms with E-state index in [0.717, 1.165) is 36.7 Å². The first-order valence-electron chi connectivity index (χ1n) is 18.1. The van der Waals surface area contributed by atoms with Gasteiger partial charge in [0.05, 0.1) is 17.9 Å². The second kappa shape index (κ2) is 18.2. The Morgan fingerprint density at radius 1 is 0.833 bits per heavy atom. The lowest BCUT2D eigenvalue weighted by Crippen LogP contribution is -2.07. The van der Waals surface area contributed by atoms with Crippen LogP contribution in [0, 0.1) is 11.8 Å². The number of fused-ring (bicyclic) bond motifs is 6. The largest absolute Gasteiger partial charge is 0.378 e. The Labute approximate surface area is 290 Å². The van der Waals surface area contributed by atoms with E-state index in [1.54, 1.807) is 0 Å². The van der Waals surface area contributed by atoms with Crippen LogP contribution in [0.3, 0.4) is 0 Å². The standard InChI is InChI=1S/C28H22N2.C13H20.C3H8.C2H6/c1-3-7-19(8-4-1)21-11-13-23-25(17-21)26-18-22(20-9-5-2-6-10-20)12-14-24(26)28-27(23)29-15-16-30-28;1-5-6-13-9-11(3)7-10(2)8-12(13)4;1-3-2;1-2/h1,3-5,7-14,16-18,29H,2,6,15H2;5-7,9,12-13H,8H2,1-4H3;3H2,1-2H3;1-2H3/t;12?,13-;;/m.0../s1. The number of rotatable bonds is 3. The highest BCUT2D eigenvalue weighted by molar-refractivity contribution is 6.21. The average molecular weight is 637 g/mol. The first-order valence-corrected chi connectivity index (χ1v) is 18.1. The molecule has 0 fully saturated rings. The molecule has 1 unspecified atom stereocenters. The highest BCUT2D eigenvalue weighted by atomic mass is 15.0.